The van der Waals surface area contributed by atoms with E-state index in [1.807, 2.05) is 0 Å². The Balaban J connectivity index is 3.52. The molecule has 1 rings (SSSR count). The molecule has 0 saturated heterocycles. The number of alkyl halides is 6. The van der Waals surface area contributed by atoms with Gasteiger partial charge in [0.1, 0.15) is 12.6 Å². The number of anilines is 1. The lowest BCUT2D eigenvalue weighted by molar-refractivity contribution is -0.137. The summed E-state index contributed by atoms with van der Waals surface area (Å²) < 4.78 is 79.5. The Labute approximate surface area is 165 Å². The number of halogens is 6. The van der Waals surface area contributed by atoms with Gasteiger partial charge in [-0.3, -0.25) is 4.79 Å². The largest absolute Gasteiger partial charge is 0.417 e. The van der Waals surface area contributed by atoms with Crippen molar-refractivity contribution in [3.63, 3.8) is 0 Å². The fourth-order valence-corrected chi connectivity index (χ4v) is 3.05. The number of likely N-dealkylation sites (N-methyl/N-ethyl adjacent to an activating group) is 1. The number of rotatable bonds is 8. The van der Waals surface area contributed by atoms with Crippen molar-refractivity contribution in [3.05, 3.63) is 29.3 Å². The van der Waals surface area contributed by atoms with Crippen LogP contribution in [-0.4, -0.2) is 42.7 Å². The van der Waals surface area contributed by atoms with Crippen LogP contribution in [0.4, 0.5) is 32.0 Å². The topological polar surface area (TPSA) is 47.3 Å². The molecule has 0 aliphatic rings. The predicted octanol–water partition coefficient (Wildman–Crippen LogP) is 4.98. The van der Waals surface area contributed by atoms with Crippen molar-refractivity contribution < 1.29 is 31.1 Å². The molecule has 162 valence electrons. The predicted molar refractivity (Wildman–Crippen MR) is 96.2 cm³/mol. The number of nitriles is 1. The van der Waals surface area contributed by atoms with Gasteiger partial charge in [0.15, 0.2) is 0 Å². The number of benzene rings is 1. The van der Waals surface area contributed by atoms with Crippen LogP contribution in [0, 0.1) is 11.3 Å². The van der Waals surface area contributed by atoms with Crippen molar-refractivity contribution in [1.29, 1.82) is 5.26 Å². The Morgan fingerprint density at radius 2 is 1.76 bits per heavy atom. The summed E-state index contributed by atoms with van der Waals surface area (Å²) in [5.74, 6) is -0.584. The molecule has 0 saturated carbocycles. The molecule has 1 aromatic carbocycles. The molecule has 0 radical (unpaired) electrons. The second kappa shape index (κ2) is 9.85. The first-order valence-corrected chi connectivity index (χ1v) is 9.13. The van der Waals surface area contributed by atoms with E-state index in [4.69, 9.17) is 5.26 Å². The van der Waals surface area contributed by atoms with E-state index in [-0.39, 0.29) is 13.0 Å². The molecule has 4 nitrogen and oxygen atoms in total. The second-order valence-corrected chi connectivity index (χ2v) is 6.42. The van der Waals surface area contributed by atoms with Gasteiger partial charge in [-0.05, 0) is 38.0 Å². The van der Waals surface area contributed by atoms with Gasteiger partial charge in [-0.15, -0.1) is 0 Å². The number of amides is 1. The summed E-state index contributed by atoms with van der Waals surface area (Å²) in [6, 6.07) is 2.42. The first kappa shape index (κ1) is 24.6. The smallest absolute Gasteiger partial charge is 0.350 e. The summed E-state index contributed by atoms with van der Waals surface area (Å²) in [6.45, 7) is 3.99. The van der Waals surface area contributed by atoms with Crippen LogP contribution in [-0.2, 0) is 11.0 Å². The highest BCUT2D eigenvalue weighted by Gasteiger charge is 2.39. The quantitative estimate of drug-likeness (QED) is 0.554. The van der Waals surface area contributed by atoms with Crippen molar-refractivity contribution >= 4 is 11.6 Å². The van der Waals surface area contributed by atoms with Crippen molar-refractivity contribution in [2.45, 2.75) is 52.0 Å². The highest BCUT2D eigenvalue weighted by atomic mass is 19.4. The third-order valence-electron chi connectivity index (χ3n) is 4.35. The van der Waals surface area contributed by atoms with Crippen LogP contribution in [0.15, 0.2) is 18.2 Å². The summed E-state index contributed by atoms with van der Waals surface area (Å²) in [4.78, 5) is 14.9. The summed E-state index contributed by atoms with van der Waals surface area (Å²) in [5, 5.41) is 8.90. The molecule has 1 aromatic rings. The normalized spacial score (nSPS) is 13.0. The molecule has 0 bridgehead atoms. The third-order valence-corrected chi connectivity index (χ3v) is 4.35. The molecule has 1 unspecified atom stereocenters. The van der Waals surface area contributed by atoms with Gasteiger partial charge in [-0.1, -0.05) is 13.8 Å². The first-order valence-electron chi connectivity index (χ1n) is 9.13. The second-order valence-electron chi connectivity index (χ2n) is 6.42. The fourth-order valence-electron chi connectivity index (χ4n) is 3.05. The van der Waals surface area contributed by atoms with Gasteiger partial charge in [0, 0.05) is 18.8 Å². The highest BCUT2D eigenvalue weighted by Crippen LogP contribution is 2.36. The summed E-state index contributed by atoms with van der Waals surface area (Å²) in [7, 11) is 0. The minimum Gasteiger partial charge on any atom is -0.350 e. The Kier molecular flexibility index (Phi) is 8.36. The lowest BCUT2D eigenvalue weighted by atomic mass is 10.0. The first-order chi connectivity index (χ1) is 13.4. The van der Waals surface area contributed by atoms with Crippen LogP contribution in [0.5, 0.6) is 0 Å². The molecule has 0 aliphatic heterocycles. The average molecular weight is 423 g/mol. The molecule has 0 aliphatic carbocycles. The van der Waals surface area contributed by atoms with Crippen LogP contribution >= 0.6 is 0 Å². The van der Waals surface area contributed by atoms with E-state index in [1.165, 1.54) is 17.9 Å². The lowest BCUT2D eigenvalue weighted by Gasteiger charge is -2.36. The van der Waals surface area contributed by atoms with Crippen molar-refractivity contribution in [3.8, 4) is 6.07 Å². The molecule has 0 heterocycles. The Morgan fingerprint density at radius 3 is 2.17 bits per heavy atom. The number of hydrogen-bond acceptors (Lipinski definition) is 3. The Hall–Kier alpha value is -2.44. The maximum absolute atomic E-state index is 13.3. The molecule has 0 fully saturated rings. The highest BCUT2D eigenvalue weighted by molar-refractivity contribution is 5.85. The van der Waals surface area contributed by atoms with E-state index in [0.717, 1.165) is 12.1 Å². The van der Waals surface area contributed by atoms with Gasteiger partial charge in [0.05, 0.1) is 17.2 Å². The molecule has 0 aromatic heterocycles. The van der Waals surface area contributed by atoms with Gasteiger partial charge in [0.2, 0.25) is 5.91 Å². The van der Waals surface area contributed by atoms with Crippen LogP contribution < -0.4 is 4.90 Å². The molecular weight excluding hydrogens is 400 g/mol. The van der Waals surface area contributed by atoms with E-state index in [1.54, 1.807) is 13.8 Å². The Morgan fingerprint density at radius 1 is 1.14 bits per heavy atom. The molecule has 1 amide bonds. The molecule has 0 N–H and O–H groups in total. The molecule has 10 heteroatoms. The van der Waals surface area contributed by atoms with Crippen LogP contribution in [0.1, 0.15) is 44.7 Å². The van der Waals surface area contributed by atoms with Gasteiger partial charge < -0.3 is 9.80 Å². The number of carbonyl (C=O) groups excluding carboxylic acids is 1. The van der Waals surface area contributed by atoms with Gasteiger partial charge in [0.25, 0.3) is 0 Å². The van der Waals surface area contributed by atoms with Crippen LogP contribution in [0.25, 0.3) is 0 Å². The minimum absolute atomic E-state index is 0.0313. The van der Waals surface area contributed by atoms with E-state index in [2.05, 4.69) is 0 Å². The van der Waals surface area contributed by atoms with Gasteiger partial charge in [-0.25, -0.2) is 0 Å². The SMILES string of the molecule is CCCN(CC)C(=O)C(CC)N(CC(F)(F)F)c1ccc(C#N)c(C(F)(F)F)c1. The lowest BCUT2D eigenvalue weighted by Crippen LogP contribution is -2.51. The fraction of sp³-hybridized carbons (Fsp3) is 0.579. The number of nitrogens with zero attached hydrogens (tertiary/aromatic N) is 3. The van der Waals surface area contributed by atoms with Crippen molar-refractivity contribution in [2.75, 3.05) is 24.5 Å². The zero-order valence-corrected chi connectivity index (χ0v) is 16.4. The van der Waals surface area contributed by atoms with Crippen molar-refractivity contribution in [2.24, 2.45) is 0 Å². The van der Waals surface area contributed by atoms with Crippen LogP contribution in [0.2, 0.25) is 0 Å². The number of carbonyl (C=O) groups is 1. The standard InChI is InChI=1S/C19H23F6N3O/c1-4-9-27(6-3)17(29)16(5-2)28(12-18(20,21)22)14-8-7-13(11-26)15(10-14)19(23,24)25/h7-8,10,16H,4-6,9,12H2,1-3H3. The van der Waals surface area contributed by atoms with E-state index >= 15 is 0 Å². The van der Waals surface area contributed by atoms with E-state index in [9.17, 15) is 31.1 Å². The molecule has 1 atom stereocenters. The summed E-state index contributed by atoms with van der Waals surface area (Å²) >= 11 is 0. The molecular formula is C19H23F6N3O. The monoisotopic (exact) mass is 423 g/mol. The summed E-state index contributed by atoms with van der Waals surface area (Å²) in [6.07, 6.45) is -9.11. The maximum Gasteiger partial charge on any atom is 0.417 e. The van der Waals surface area contributed by atoms with Gasteiger partial charge >= 0.3 is 12.4 Å². The molecule has 29 heavy (non-hydrogen) atoms. The number of hydrogen-bond donors (Lipinski definition) is 0. The summed E-state index contributed by atoms with van der Waals surface area (Å²) in [5.41, 5.74) is -2.46. The van der Waals surface area contributed by atoms with Gasteiger partial charge in [-0.2, -0.15) is 31.6 Å². The third kappa shape index (κ3) is 6.54. The van der Waals surface area contributed by atoms with E-state index < -0.39 is 47.7 Å². The minimum atomic E-state index is -4.92. The zero-order valence-electron chi connectivity index (χ0n) is 16.4. The maximum atomic E-state index is 13.3. The van der Waals surface area contributed by atoms with Crippen molar-refractivity contribution in [1.82, 2.24) is 4.90 Å². The van der Waals surface area contributed by atoms with E-state index in [0.29, 0.717) is 23.9 Å². The molecule has 0 spiro atoms. The Bertz CT molecular complexity index is 739. The average Bonchev–Trinajstić information content (AvgIpc) is 2.63. The van der Waals surface area contributed by atoms with Crippen LogP contribution in [0.3, 0.4) is 0 Å². The zero-order chi connectivity index (χ0) is 22.4.